The smallest absolute Gasteiger partial charge is 0.207 e. The van der Waals surface area contributed by atoms with E-state index in [1.54, 1.807) is 7.05 Å². The molecule has 1 aliphatic carbocycles. The second-order valence-corrected chi connectivity index (χ2v) is 8.05. The molecule has 118 valence electrons. The van der Waals surface area contributed by atoms with Crippen LogP contribution < -0.4 is 0 Å². The van der Waals surface area contributed by atoms with Gasteiger partial charge in [-0.3, -0.25) is 0 Å². The van der Waals surface area contributed by atoms with Crippen molar-refractivity contribution in [3.63, 3.8) is 0 Å². The molecule has 0 spiro atoms. The fourth-order valence-electron chi connectivity index (χ4n) is 2.84. The van der Waals surface area contributed by atoms with Crippen LogP contribution in [0.2, 0.25) is 0 Å². The minimum atomic E-state index is -3.71. The summed E-state index contributed by atoms with van der Waals surface area (Å²) in [6.07, 6.45) is 3.75. The van der Waals surface area contributed by atoms with Gasteiger partial charge in [-0.2, -0.15) is 4.31 Å². The highest BCUT2D eigenvalue weighted by Crippen LogP contribution is 2.31. The first-order chi connectivity index (χ1) is 9.86. The van der Waals surface area contributed by atoms with Crippen LogP contribution >= 0.6 is 11.6 Å². The monoisotopic (exact) mass is 333 g/mol. The van der Waals surface area contributed by atoms with Gasteiger partial charge in [-0.05, 0) is 49.3 Å². The van der Waals surface area contributed by atoms with E-state index >= 15 is 0 Å². The van der Waals surface area contributed by atoms with Crippen LogP contribution in [0, 0.1) is 11.7 Å². The van der Waals surface area contributed by atoms with Gasteiger partial charge in [-0.15, -0.1) is 11.6 Å². The Labute approximate surface area is 131 Å². The number of alkyl halides is 1. The normalized spacial score (nSPS) is 23.5. The summed E-state index contributed by atoms with van der Waals surface area (Å²) in [4.78, 5) is -0.0152. The van der Waals surface area contributed by atoms with Crippen molar-refractivity contribution in [3.8, 4) is 0 Å². The van der Waals surface area contributed by atoms with E-state index in [2.05, 4.69) is 6.92 Å². The van der Waals surface area contributed by atoms with Gasteiger partial charge in [0, 0.05) is 19.0 Å². The molecule has 0 radical (unpaired) electrons. The van der Waals surface area contributed by atoms with Crippen LogP contribution in [0.25, 0.3) is 0 Å². The van der Waals surface area contributed by atoms with E-state index in [1.165, 1.54) is 16.4 Å². The molecule has 1 aromatic carbocycles. The highest BCUT2D eigenvalue weighted by Gasteiger charge is 2.32. The van der Waals surface area contributed by atoms with Gasteiger partial charge >= 0.3 is 0 Å². The summed E-state index contributed by atoms with van der Waals surface area (Å²) in [5, 5.41) is 0. The number of benzene rings is 1. The van der Waals surface area contributed by atoms with Gasteiger partial charge in [0.25, 0.3) is 0 Å². The molecule has 0 saturated heterocycles. The minimum Gasteiger partial charge on any atom is -0.207 e. The summed E-state index contributed by atoms with van der Waals surface area (Å²) in [7, 11) is -2.13. The Morgan fingerprint density at radius 2 is 1.90 bits per heavy atom. The predicted molar refractivity (Wildman–Crippen MR) is 82.3 cm³/mol. The first-order valence-electron chi connectivity index (χ1n) is 7.18. The van der Waals surface area contributed by atoms with Crippen molar-refractivity contribution in [2.75, 3.05) is 7.05 Å². The van der Waals surface area contributed by atoms with Crippen molar-refractivity contribution >= 4 is 21.6 Å². The van der Waals surface area contributed by atoms with E-state index in [0.29, 0.717) is 11.5 Å². The number of hydrogen-bond donors (Lipinski definition) is 0. The summed E-state index contributed by atoms with van der Waals surface area (Å²) >= 11 is 5.79. The van der Waals surface area contributed by atoms with Gasteiger partial charge in [0.2, 0.25) is 10.0 Å². The third kappa shape index (κ3) is 3.58. The third-order valence-electron chi connectivity index (χ3n) is 4.33. The van der Waals surface area contributed by atoms with Crippen LogP contribution in [0.3, 0.4) is 0 Å². The van der Waals surface area contributed by atoms with Crippen molar-refractivity contribution in [1.82, 2.24) is 4.31 Å². The molecule has 0 heterocycles. The van der Waals surface area contributed by atoms with Crippen molar-refractivity contribution < 1.29 is 12.8 Å². The summed E-state index contributed by atoms with van der Waals surface area (Å²) in [6.45, 7) is 2.18. The second kappa shape index (κ2) is 6.63. The fraction of sp³-hybridized carbons (Fsp3) is 0.600. The number of nitrogens with zero attached hydrogens (tertiary/aromatic N) is 1. The van der Waals surface area contributed by atoms with Crippen molar-refractivity contribution in [3.05, 3.63) is 29.6 Å². The van der Waals surface area contributed by atoms with E-state index in [9.17, 15) is 12.8 Å². The van der Waals surface area contributed by atoms with Gasteiger partial charge in [-0.1, -0.05) is 13.0 Å². The van der Waals surface area contributed by atoms with Crippen LogP contribution in [-0.2, 0) is 15.9 Å². The molecule has 0 aliphatic heterocycles. The summed E-state index contributed by atoms with van der Waals surface area (Å²) in [5.74, 6) is 0.128. The SMILES string of the molecule is CC1CCC(N(C)S(=O)(=O)c2cc(F)ccc2CCl)CC1. The van der Waals surface area contributed by atoms with Crippen molar-refractivity contribution in [1.29, 1.82) is 0 Å². The molecular formula is C15H21ClFNO2S. The minimum absolute atomic E-state index is 0.0152. The maximum absolute atomic E-state index is 13.4. The zero-order chi connectivity index (χ0) is 15.6. The molecular weight excluding hydrogens is 313 g/mol. The van der Waals surface area contributed by atoms with E-state index < -0.39 is 15.8 Å². The molecule has 1 aliphatic rings. The Balaban J connectivity index is 2.31. The highest BCUT2D eigenvalue weighted by atomic mass is 35.5. The van der Waals surface area contributed by atoms with Gasteiger partial charge < -0.3 is 0 Å². The third-order valence-corrected chi connectivity index (χ3v) is 6.61. The maximum atomic E-state index is 13.4. The molecule has 0 bridgehead atoms. The Morgan fingerprint density at radius 3 is 2.48 bits per heavy atom. The molecule has 1 saturated carbocycles. The van der Waals surface area contributed by atoms with Gasteiger partial charge in [0.05, 0.1) is 4.90 Å². The Bertz CT molecular complexity index is 598. The van der Waals surface area contributed by atoms with E-state index in [-0.39, 0.29) is 16.8 Å². The molecule has 0 aromatic heterocycles. The molecule has 1 aromatic rings. The lowest BCUT2D eigenvalue weighted by Crippen LogP contribution is -2.39. The zero-order valence-corrected chi connectivity index (χ0v) is 13.9. The zero-order valence-electron chi connectivity index (χ0n) is 12.4. The summed E-state index contributed by atoms with van der Waals surface area (Å²) in [6, 6.07) is 3.72. The van der Waals surface area contributed by atoms with Crippen LogP contribution in [0.1, 0.15) is 38.2 Å². The van der Waals surface area contributed by atoms with Gasteiger partial charge in [-0.25, -0.2) is 12.8 Å². The Morgan fingerprint density at radius 1 is 1.29 bits per heavy atom. The quantitative estimate of drug-likeness (QED) is 0.787. The summed E-state index contributed by atoms with van der Waals surface area (Å²) in [5.41, 5.74) is 0.439. The topological polar surface area (TPSA) is 37.4 Å². The van der Waals surface area contributed by atoms with Gasteiger partial charge in [0.1, 0.15) is 5.82 Å². The first kappa shape index (κ1) is 16.7. The van der Waals surface area contributed by atoms with E-state index in [1.807, 2.05) is 0 Å². The Hall–Kier alpha value is -0.650. The fourth-order valence-corrected chi connectivity index (χ4v) is 4.80. The number of sulfonamides is 1. The average Bonchev–Trinajstić information content (AvgIpc) is 2.47. The number of hydrogen-bond acceptors (Lipinski definition) is 2. The molecule has 0 atom stereocenters. The lowest BCUT2D eigenvalue weighted by Gasteiger charge is -2.33. The Kier molecular flexibility index (Phi) is 5.28. The second-order valence-electron chi connectivity index (χ2n) is 5.82. The van der Waals surface area contributed by atoms with Crippen LogP contribution in [0.15, 0.2) is 23.1 Å². The number of halogens is 2. The van der Waals surface area contributed by atoms with Crippen LogP contribution in [0.4, 0.5) is 4.39 Å². The van der Waals surface area contributed by atoms with Crippen LogP contribution in [0.5, 0.6) is 0 Å². The van der Waals surface area contributed by atoms with Crippen molar-refractivity contribution in [2.24, 2.45) is 5.92 Å². The average molecular weight is 334 g/mol. The van der Waals surface area contributed by atoms with Gasteiger partial charge in [0.15, 0.2) is 0 Å². The molecule has 0 N–H and O–H groups in total. The molecule has 3 nitrogen and oxygen atoms in total. The molecule has 1 fully saturated rings. The molecule has 21 heavy (non-hydrogen) atoms. The largest absolute Gasteiger partial charge is 0.243 e. The highest BCUT2D eigenvalue weighted by molar-refractivity contribution is 7.89. The molecule has 6 heteroatoms. The lowest BCUT2D eigenvalue weighted by atomic mass is 9.87. The maximum Gasteiger partial charge on any atom is 0.243 e. The number of rotatable bonds is 4. The van der Waals surface area contributed by atoms with E-state index in [4.69, 9.17) is 11.6 Å². The first-order valence-corrected chi connectivity index (χ1v) is 9.16. The molecule has 0 amide bonds. The summed E-state index contributed by atoms with van der Waals surface area (Å²) < 4.78 is 40.3. The predicted octanol–water partition coefficient (Wildman–Crippen LogP) is 3.76. The molecule has 2 rings (SSSR count). The molecule has 0 unspecified atom stereocenters. The standard InChI is InChI=1S/C15H21ClFNO2S/c1-11-3-7-14(8-4-11)18(2)21(19,20)15-9-13(17)6-5-12(15)10-16/h5-6,9,11,14H,3-4,7-8,10H2,1-2H3. The van der Waals surface area contributed by atoms with Crippen molar-refractivity contribution in [2.45, 2.75) is 49.4 Å². The lowest BCUT2D eigenvalue weighted by molar-refractivity contribution is 0.246. The van der Waals surface area contributed by atoms with E-state index in [0.717, 1.165) is 31.7 Å². The van der Waals surface area contributed by atoms with Crippen LogP contribution in [-0.4, -0.2) is 25.8 Å².